The Morgan fingerprint density at radius 3 is 2.63 bits per heavy atom. The molecule has 2 N–H and O–H groups in total. The van der Waals surface area contributed by atoms with Crippen LogP contribution in [-0.2, 0) is 4.79 Å². The first-order chi connectivity index (χ1) is 16.7. The second kappa shape index (κ2) is 8.50. The molecule has 2 heterocycles. The van der Waals surface area contributed by atoms with Gasteiger partial charge in [0.25, 0.3) is 0 Å². The van der Waals surface area contributed by atoms with Crippen molar-refractivity contribution in [2.24, 2.45) is 5.92 Å². The van der Waals surface area contributed by atoms with E-state index in [-0.39, 0.29) is 11.9 Å². The number of fused-ring (bicyclic) bond motifs is 4. The van der Waals surface area contributed by atoms with Crippen LogP contribution in [-0.4, -0.2) is 24.8 Å². The van der Waals surface area contributed by atoms with Gasteiger partial charge in [0, 0.05) is 16.3 Å². The van der Waals surface area contributed by atoms with Gasteiger partial charge in [-0.3, -0.25) is 9.69 Å². The van der Waals surface area contributed by atoms with Gasteiger partial charge in [-0.2, -0.15) is 0 Å². The molecule has 0 aliphatic carbocycles. The second-order valence-electron chi connectivity index (χ2n) is 9.06. The Balaban J connectivity index is 1.65. The van der Waals surface area contributed by atoms with Crippen LogP contribution in [0.2, 0.25) is 5.02 Å². The van der Waals surface area contributed by atoms with Gasteiger partial charge in [0.05, 0.1) is 18.8 Å². The molecule has 0 radical (unpaired) electrons. The third-order valence-corrected chi connectivity index (χ3v) is 6.93. The Morgan fingerprint density at radius 2 is 1.91 bits per heavy atom. The lowest BCUT2D eigenvalue weighted by Crippen LogP contribution is -2.72. The van der Waals surface area contributed by atoms with E-state index >= 15 is 0 Å². The summed E-state index contributed by atoms with van der Waals surface area (Å²) in [5.41, 5.74) is 2.58. The van der Waals surface area contributed by atoms with E-state index in [0.717, 1.165) is 11.1 Å². The molecule has 7 nitrogen and oxygen atoms in total. The first-order valence-electron chi connectivity index (χ1n) is 11.3. The van der Waals surface area contributed by atoms with Crippen LogP contribution in [0.5, 0.6) is 11.5 Å². The lowest BCUT2D eigenvalue weighted by Gasteiger charge is -2.54. The third kappa shape index (κ3) is 3.76. The quantitative estimate of drug-likeness (QED) is 0.498. The Morgan fingerprint density at radius 1 is 1.14 bits per heavy atom. The zero-order valence-electron chi connectivity index (χ0n) is 19.9. The molecule has 3 aromatic rings. The number of nitrogens with zero attached hydrogens (tertiary/aromatic N) is 1. The Bertz CT molecular complexity index is 1340. The second-order valence-corrected chi connectivity index (χ2v) is 9.50. The Kier molecular flexibility index (Phi) is 5.60. The van der Waals surface area contributed by atoms with E-state index in [1.807, 2.05) is 44.2 Å². The lowest BCUT2D eigenvalue weighted by molar-refractivity contribution is -0.131. The van der Waals surface area contributed by atoms with Gasteiger partial charge >= 0.3 is 6.03 Å². The van der Waals surface area contributed by atoms with E-state index in [1.165, 1.54) is 4.90 Å². The first-order valence-corrected chi connectivity index (χ1v) is 11.7. The number of urea groups is 1. The molecule has 1 saturated heterocycles. The maximum atomic E-state index is 13.9. The Labute approximate surface area is 209 Å². The number of hydrogen-bond donors (Lipinski definition) is 2. The number of rotatable bonds is 4. The van der Waals surface area contributed by atoms with E-state index in [0.29, 0.717) is 33.5 Å². The minimum absolute atomic E-state index is 0.273. The summed E-state index contributed by atoms with van der Waals surface area (Å²) >= 11 is 6.26. The first kappa shape index (κ1) is 23.1. The molecule has 0 aromatic heterocycles. The number of benzene rings is 3. The molecule has 35 heavy (non-hydrogen) atoms. The van der Waals surface area contributed by atoms with E-state index in [1.54, 1.807) is 44.4 Å². The standard InChI is InChI=1S/C27H26ClN3O4/c1-15-11-12-20(16(2)13-15)29-25(32)22-23-19-9-6-10-21(34-4)24(19)35-27(22,3)31(26(33)30-23)18-8-5-7-17(28)14-18/h5-14,22-23H,1-4H3,(H,29,32)(H,30,33)/t22-,23-,27-/m0/s1. The monoisotopic (exact) mass is 491 g/mol. The number of para-hydroxylation sites is 1. The van der Waals surface area contributed by atoms with Gasteiger partial charge in [-0.25, -0.2) is 4.79 Å². The fraction of sp³-hybridized carbons (Fsp3) is 0.259. The summed E-state index contributed by atoms with van der Waals surface area (Å²) in [4.78, 5) is 28.8. The van der Waals surface area contributed by atoms with Gasteiger partial charge in [-0.05, 0) is 56.7 Å². The summed E-state index contributed by atoms with van der Waals surface area (Å²) in [6, 6.07) is 17.2. The third-order valence-electron chi connectivity index (χ3n) is 6.70. The van der Waals surface area contributed by atoms with Crippen LogP contribution in [0.1, 0.15) is 29.7 Å². The largest absolute Gasteiger partial charge is 0.493 e. The number of hydrogen-bond acceptors (Lipinski definition) is 4. The van der Waals surface area contributed by atoms with Gasteiger partial charge in [0.15, 0.2) is 11.5 Å². The number of carbonyl (C=O) groups excluding carboxylic acids is 2. The maximum absolute atomic E-state index is 13.9. The van der Waals surface area contributed by atoms with Crippen molar-refractivity contribution in [3.05, 3.63) is 82.4 Å². The highest BCUT2D eigenvalue weighted by Gasteiger charge is 2.60. The summed E-state index contributed by atoms with van der Waals surface area (Å²) in [5.74, 6) is -0.0521. The number of aryl methyl sites for hydroxylation is 2. The number of halogens is 1. The summed E-state index contributed by atoms with van der Waals surface area (Å²) in [6.07, 6.45) is 0. The molecule has 5 rings (SSSR count). The average molecular weight is 492 g/mol. The highest BCUT2D eigenvalue weighted by molar-refractivity contribution is 6.31. The molecule has 8 heteroatoms. The van der Waals surface area contributed by atoms with Crippen molar-refractivity contribution in [3.63, 3.8) is 0 Å². The predicted octanol–water partition coefficient (Wildman–Crippen LogP) is 5.60. The van der Waals surface area contributed by atoms with Crippen LogP contribution in [0.25, 0.3) is 0 Å². The average Bonchev–Trinajstić information content (AvgIpc) is 2.80. The van der Waals surface area contributed by atoms with Crippen molar-refractivity contribution in [1.29, 1.82) is 0 Å². The molecule has 2 aliphatic heterocycles. The van der Waals surface area contributed by atoms with Crippen molar-refractivity contribution < 1.29 is 19.1 Å². The molecule has 180 valence electrons. The highest BCUT2D eigenvalue weighted by Crippen LogP contribution is 2.52. The molecule has 3 amide bonds. The van der Waals surface area contributed by atoms with Crippen LogP contribution in [0, 0.1) is 19.8 Å². The molecule has 2 aliphatic rings. The number of methoxy groups -OCH3 is 1. The van der Waals surface area contributed by atoms with Gasteiger partial charge in [-0.15, -0.1) is 0 Å². The van der Waals surface area contributed by atoms with E-state index in [4.69, 9.17) is 21.1 Å². The summed E-state index contributed by atoms with van der Waals surface area (Å²) in [5, 5.41) is 6.56. The van der Waals surface area contributed by atoms with Crippen LogP contribution < -0.4 is 25.0 Å². The minimum Gasteiger partial charge on any atom is -0.493 e. The van der Waals surface area contributed by atoms with Crippen LogP contribution in [0.15, 0.2) is 60.7 Å². The molecule has 0 spiro atoms. The van der Waals surface area contributed by atoms with Crippen molar-refractivity contribution in [3.8, 4) is 11.5 Å². The molecular weight excluding hydrogens is 466 g/mol. The number of amides is 3. The minimum atomic E-state index is -1.37. The van der Waals surface area contributed by atoms with Gasteiger partial charge in [0.2, 0.25) is 11.6 Å². The number of anilines is 2. The van der Waals surface area contributed by atoms with E-state index in [2.05, 4.69) is 10.6 Å². The molecule has 1 fully saturated rings. The summed E-state index contributed by atoms with van der Waals surface area (Å²) < 4.78 is 12.1. The van der Waals surface area contributed by atoms with Gasteiger partial charge < -0.3 is 20.1 Å². The van der Waals surface area contributed by atoms with Crippen LogP contribution in [0.4, 0.5) is 16.2 Å². The molecule has 2 bridgehead atoms. The van der Waals surface area contributed by atoms with Crippen LogP contribution in [0.3, 0.4) is 0 Å². The summed E-state index contributed by atoms with van der Waals surface area (Å²) in [6.45, 7) is 5.70. The fourth-order valence-electron chi connectivity index (χ4n) is 5.10. The number of carbonyl (C=O) groups is 2. The van der Waals surface area contributed by atoms with Gasteiger partial charge in [0.1, 0.15) is 5.92 Å². The summed E-state index contributed by atoms with van der Waals surface area (Å²) in [7, 11) is 1.56. The maximum Gasteiger partial charge on any atom is 0.325 e. The molecule has 3 atom stereocenters. The number of nitrogens with one attached hydrogen (secondary N) is 2. The lowest BCUT2D eigenvalue weighted by atomic mass is 9.78. The smallest absolute Gasteiger partial charge is 0.325 e. The number of ether oxygens (including phenoxy) is 2. The molecule has 3 aromatic carbocycles. The van der Waals surface area contributed by atoms with Crippen molar-refractivity contribution in [1.82, 2.24) is 5.32 Å². The van der Waals surface area contributed by atoms with Crippen molar-refractivity contribution in [2.45, 2.75) is 32.5 Å². The Hall–Kier alpha value is -3.71. The fourth-order valence-corrected chi connectivity index (χ4v) is 5.28. The van der Waals surface area contributed by atoms with Crippen molar-refractivity contribution in [2.75, 3.05) is 17.3 Å². The van der Waals surface area contributed by atoms with E-state index in [9.17, 15) is 9.59 Å². The molecule has 0 saturated carbocycles. The van der Waals surface area contributed by atoms with Crippen molar-refractivity contribution >= 4 is 34.9 Å². The van der Waals surface area contributed by atoms with Crippen LogP contribution >= 0.6 is 11.6 Å². The van der Waals surface area contributed by atoms with E-state index < -0.39 is 17.7 Å². The molecule has 0 unspecified atom stereocenters. The SMILES string of the molecule is COc1cccc2c1O[C@@]1(C)[C@H](C(=O)Nc3ccc(C)cc3C)[C@H]2NC(=O)N1c1cccc(Cl)c1. The zero-order chi connectivity index (χ0) is 24.9. The molecular formula is C27H26ClN3O4. The predicted molar refractivity (Wildman–Crippen MR) is 135 cm³/mol. The normalized spacial score (nSPS) is 22.5. The van der Waals surface area contributed by atoms with Gasteiger partial charge in [-0.1, -0.05) is 47.5 Å². The highest BCUT2D eigenvalue weighted by atomic mass is 35.5. The topological polar surface area (TPSA) is 79.9 Å². The zero-order valence-corrected chi connectivity index (χ0v) is 20.6.